The van der Waals surface area contributed by atoms with Gasteiger partial charge >= 0.3 is 0 Å². The smallest absolute Gasteiger partial charge is 0.175 e. The van der Waals surface area contributed by atoms with Gasteiger partial charge in [0.25, 0.3) is 0 Å². The molecule has 122 valence electrons. The van der Waals surface area contributed by atoms with E-state index in [0.717, 1.165) is 48.0 Å². The number of rotatable bonds is 6. The molecule has 2 aliphatic rings. The minimum Gasteiger partial charge on any atom is -0.493 e. The highest BCUT2D eigenvalue weighted by molar-refractivity contribution is 9.10. The second-order valence-corrected chi connectivity index (χ2v) is 7.44. The summed E-state index contributed by atoms with van der Waals surface area (Å²) < 4.78 is 12.5. The van der Waals surface area contributed by atoms with Gasteiger partial charge in [-0.25, -0.2) is 0 Å². The van der Waals surface area contributed by atoms with Crippen LogP contribution in [0.4, 0.5) is 0 Å². The quantitative estimate of drug-likeness (QED) is 0.837. The van der Waals surface area contributed by atoms with Gasteiger partial charge in [0, 0.05) is 12.6 Å². The fourth-order valence-electron chi connectivity index (χ4n) is 3.22. The van der Waals surface area contributed by atoms with Crippen LogP contribution in [0.3, 0.4) is 0 Å². The monoisotopic (exact) mass is 368 g/mol. The van der Waals surface area contributed by atoms with Crippen molar-refractivity contribution in [1.82, 2.24) is 4.90 Å². The van der Waals surface area contributed by atoms with E-state index in [0.29, 0.717) is 12.0 Å². The van der Waals surface area contributed by atoms with E-state index in [9.17, 15) is 0 Å². The van der Waals surface area contributed by atoms with Crippen LogP contribution in [0.25, 0.3) is 0 Å². The maximum atomic E-state index is 5.96. The molecule has 5 heteroatoms. The third-order valence-electron chi connectivity index (χ3n) is 4.77. The lowest BCUT2D eigenvalue weighted by Gasteiger charge is -2.22. The van der Waals surface area contributed by atoms with Crippen LogP contribution in [-0.2, 0) is 0 Å². The third kappa shape index (κ3) is 3.42. The highest BCUT2D eigenvalue weighted by Gasteiger charge is 2.31. The van der Waals surface area contributed by atoms with Gasteiger partial charge in [-0.1, -0.05) is 0 Å². The first-order valence-electron chi connectivity index (χ1n) is 8.03. The molecule has 1 aliphatic heterocycles. The Morgan fingerprint density at radius 2 is 2.09 bits per heavy atom. The Morgan fingerprint density at radius 3 is 2.68 bits per heavy atom. The number of methoxy groups -OCH3 is 1. The first kappa shape index (κ1) is 16.1. The minimum atomic E-state index is 0.399. The third-order valence-corrected chi connectivity index (χ3v) is 5.35. The Labute approximate surface area is 141 Å². The summed E-state index contributed by atoms with van der Waals surface area (Å²) in [5.41, 5.74) is 7.10. The largest absolute Gasteiger partial charge is 0.493 e. The van der Waals surface area contributed by atoms with Gasteiger partial charge in [-0.05, 0) is 78.3 Å². The zero-order chi connectivity index (χ0) is 15.7. The van der Waals surface area contributed by atoms with Gasteiger partial charge in [-0.3, -0.25) is 4.90 Å². The van der Waals surface area contributed by atoms with E-state index in [2.05, 4.69) is 40.0 Å². The zero-order valence-electron chi connectivity index (χ0n) is 13.3. The lowest BCUT2D eigenvalue weighted by Crippen LogP contribution is -2.20. The molecule has 1 saturated carbocycles. The molecule has 2 fully saturated rings. The highest BCUT2D eigenvalue weighted by atomic mass is 79.9. The van der Waals surface area contributed by atoms with E-state index >= 15 is 0 Å². The van der Waals surface area contributed by atoms with Crippen LogP contribution < -0.4 is 15.2 Å². The molecule has 2 unspecified atom stereocenters. The maximum absolute atomic E-state index is 5.96. The van der Waals surface area contributed by atoms with E-state index in [4.69, 9.17) is 15.2 Å². The maximum Gasteiger partial charge on any atom is 0.175 e. The minimum absolute atomic E-state index is 0.399. The molecule has 1 aromatic carbocycles. The molecule has 2 atom stereocenters. The highest BCUT2D eigenvalue weighted by Crippen LogP contribution is 2.43. The van der Waals surface area contributed by atoms with Gasteiger partial charge in [0.1, 0.15) is 0 Å². The Balaban J connectivity index is 1.81. The summed E-state index contributed by atoms with van der Waals surface area (Å²) in [6.07, 6.45) is 3.67. The Morgan fingerprint density at radius 1 is 1.32 bits per heavy atom. The molecule has 3 rings (SSSR count). The topological polar surface area (TPSA) is 47.7 Å². The van der Waals surface area contributed by atoms with Gasteiger partial charge in [-0.2, -0.15) is 0 Å². The molecule has 1 aromatic rings. The van der Waals surface area contributed by atoms with Crippen molar-refractivity contribution in [2.75, 3.05) is 33.9 Å². The van der Waals surface area contributed by atoms with Crippen molar-refractivity contribution in [3.63, 3.8) is 0 Å². The Kier molecular flexibility index (Phi) is 4.95. The van der Waals surface area contributed by atoms with Gasteiger partial charge in [-0.15, -0.1) is 0 Å². The zero-order valence-corrected chi connectivity index (χ0v) is 14.9. The summed E-state index contributed by atoms with van der Waals surface area (Å²) in [5.74, 6) is 2.94. The summed E-state index contributed by atoms with van der Waals surface area (Å²) in [6.45, 7) is 2.59. The second kappa shape index (κ2) is 6.77. The first-order valence-corrected chi connectivity index (χ1v) is 8.82. The molecule has 0 aromatic heterocycles. The van der Waals surface area contributed by atoms with Crippen LogP contribution in [0.5, 0.6) is 11.5 Å². The van der Waals surface area contributed by atoms with Crippen molar-refractivity contribution >= 4 is 15.9 Å². The van der Waals surface area contributed by atoms with Crippen molar-refractivity contribution in [1.29, 1.82) is 0 Å². The molecule has 2 N–H and O–H groups in total. The van der Waals surface area contributed by atoms with Crippen LogP contribution in [-0.4, -0.2) is 38.8 Å². The number of halogens is 1. The summed E-state index contributed by atoms with van der Waals surface area (Å²) in [7, 11) is 3.87. The van der Waals surface area contributed by atoms with Crippen molar-refractivity contribution in [2.45, 2.75) is 25.3 Å². The summed E-state index contributed by atoms with van der Waals surface area (Å²) >= 11 is 3.66. The standard InChI is InChI=1S/C17H25BrN2O2/c1-20-9-12(8-19)5-15(20)13-6-14(18)17(16(7-13)21-2)22-10-11-3-4-11/h6-7,11-12,15H,3-5,8-10,19H2,1-2H3. The fourth-order valence-corrected chi connectivity index (χ4v) is 3.80. The number of hydrogen-bond donors (Lipinski definition) is 1. The first-order chi connectivity index (χ1) is 10.6. The van der Waals surface area contributed by atoms with Crippen LogP contribution in [0.15, 0.2) is 16.6 Å². The van der Waals surface area contributed by atoms with Crippen LogP contribution in [0.2, 0.25) is 0 Å². The average Bonchev–Trinajstić information content (AvgIpc) is 3.26. The molecule has 0 radical (unpaired) electrons. The normalized spacial score (nSPS) is 25.5. The van der Waals surface area contributed by atoms with E-state index in [1.54, 1.807) is 7.11 Å². The van der Waals surface area contributed by atoms with Crippen LogP contribution in [0.1, 0.15) is 30.9 Å². The lowest BCUT2D eigenvalue weighted by atomic mass is 9.99. The Bertz CT molecular complexity index is 534. The van der Waals surface area contributed by atoms with Gasteiger partial charge in [0.05, 0.1) is 18.2 Å². The van der Waals surface area contributed by atoms with Crippen molar-refractivity contribution < 1.29 is 9.47 Å². The van der Waals surface area contributed by atoms with Crippen molar-refractivity contribution in [2.24, 2.45) is 17.6 Å². The molecule has 4 nitrogen and oxygen atoms in total. The predicted octanol–water partition coefficient (Wildman–Crippen LogP) is 3.20. The van der Waals surface area contributed by atoms with Crippen molar-refractivity contribution in [3.05, 3.63) is 22.2 Å². The van der Waals surface area contributed by atoms with Gasteiger partial charge in [0.2, 0.25) is 0 Å². The average molecular weight is 369 g/mol. The number of ether oxygens (including phenoxy) is 2. The van der Waals surface area contributed by atoms with E-state index in [1.165, 1.54) is 18.4 Å². The number of nitrogens with two attached hydrogens (primary N) is 1. The Hall–Kier alpha value is -0.780. The molecule has 1 aliphatic carbocycles. The van der Waals surface area contributed by atoms with Crippen LogP contribution >= 0.6 is 15.9 Å². The number of likely N-dealkylation sites (tertiary alicyclic amines) is 1. The summed E-state index contributed by atoms with van der Waals surface area (Å²) in [4.78, 5) is 2.38. The molecule has 0 bridgehead atoms. The number of nitrogens with zero attached hydrogens (tertiary/aromatic N) is 1. The number of hydrogen-bond acceptors (Lipinski definition) is 4. The molecule has 22 heavy (non-hydrogen) atoms. The van der Waals surface area contributed by atoms with Crippen LogP contribution in [0, 0.1) is 11.8 Å². The van der Waals surface area contributed by atoms with Gasteiger partial charge in [0.15, 0.2) is 11.5 Å². The van der Waals surface area contributed by atoms with Crippen molar-refractivity contribution in [3.8, 4) is 11.5 Å². The SMILES string of the molecule is COc1cc(C2CC(CN)CN2C)cc(Br)c1OCC1CC1. The predicted molar refractivity (Wildman–Crippen MR) is 91.4 cm³/mol. The second-order valence-electron chi connectivity index (χ2n) is 6.58. The van der Waals surface area contributed by atoms with Gasteiger partial charge < -0.3 is 15.2 Å². The molecule has 0 amide bonds. The molecule has 1 heterocycles. The lowest BCUT2D eigenvalue weighted by molar-refractivity contribution is 0.276. The number of benzene rings is 1. The molecule has 0 spiro atoms. The molecular weight excluding hydrogens is 344 g/mol. The fraction of sp³-hybridized carbons (Fsp3) is 0.647. The summed E-state index contributed by atoms with van der Waals surface area (Å²) in [6, 6.07) is 4.69. The molecular formula is C17H25BrN2O2. The summed E-state index contributed by atoms with van der Waals surface area (Å²) in [5, 5.41) is 0. The van der Waals surface area contributed by atoms with E-state index in [-0.39, 0.29) is 0 Å². The molecule has 1 saturated heterocycles. The van der Waals surface area contributed by atoms with E-state index in [1.807, 2.05) is 0 Å². The van der Waals surface area contributed by atoms with E-state index < -0.39 is 0 Å².